The van der Waals surface area contributed by atoms with E-state index in [0.717, 1.165) is 37.0 Å². The van der Waals surface area contributed by atoms with Gasteiger partial charge in [0.1, 0.15) is 11.6 Å². The second kappa shape index (κ2) is 9.08. The summed E-state index contributed by atoms with van der Waals surface area (Å²) in [6.45, 7) is 3.65. The zero-order valence-electron chi connectivity index (χ0n) is 14.5. The van der Waals surface area contributed by atoms with Gasteiger partial charge >= 0.3 is 6.03 Å². The Morgan fingerprint density at radius 2 is 1.85 bits per heavy atom. The van der Waals surface area contributed by atoms with Crippen LogP contribution in [-0.4, -0.2) is 55.6 Å². The summed E-state index contributed by atoms with van der Waals surface area (Å²) < 4.78 is 31.5. The maximum Gasteiger partial charge on any atom is 0.319 e. The van der Waals surface area contributed by atoms with Crippen molar-refractivity contribution in [1.29, 1.82) is 0 Å². The molecule has 1 aromatic heterocycles. The molecule has 0 bridgehead atoms. The SMILES string of the molecule is O=C(NCCNc1cc(N2CCOCC2)cnn1)Nc1cc(F)cc(F)c1. The highest BCUT2D eigenvalue weighted by Gasteiger charge is 2.12. The van der Waals surface area contributed by atoms with Crippen LogP contribution in [0.25, 0.3) is 0 Å². The normalized spacial score (nSPS) is 13.9. The predicted octanol–water partition coefficient (Wildman–Crippen LogP) is 1.82. The third-order valence-electron chi connectivity index (χ3n) is 3.85. The number of aromatic nitrogens is 2. The molecule has 0 radical (unpaired) electrons. The van der Waals surface area contributed by atoms with Gasteiger partial charge in [0.25, 0.3) is 0 Å². The molecule has 144 valence electrons. The second-order valence-electron chi connectivity index (χ2n) is 5.86. The van der Waals surface area contributed by atoms with E-state index in [0.29, 0.717) is 25.6 Å². The van der Waals surface area contributed by atoms with Gasteiger partial charge in [0.2, 0.25) is 0 Å². The first-order valence-corrected chi connectivity index (χ1v) is 8.50. The van der Waals surface area contributed by atoms with Crippen molar-refractivity contribution in [1.82, 2.24) is 15.5 Å². The van der Waals surface area contributed by atoms with Crippen molar-refractivity contribution >= 4 is 23.2 Å². The zero-order valence-corrected chi connectivity index (χ0v) is 14.5. The lowest BCUT2D eigenvalue weighted by Crippen LogP contribution is -2.36. The fourth-order valence-electron chi connectivity index (χ4n) is 2.61. The smallest absolute Gasteiger partial charge is 0.319 e. The van der Waals surface area contributed by atoms with E-state index < -0.39 is 17.7 Å². The van der Waals surface area contributed by atoms with E-state index in [1.807, 2.05) is 6.07 Å². The van der Waals surface area contributed by atoms with Crippen LogP contribution in [0, 0.1) is 11.6 Å². The van der Waals surface area contributed by atoms with Crippen LogP contribution in [0.1, 0.15) is 0 Å². The summed E-state index contributed by atoms with van der Waals surface area (Å²) in [5.74, 6) is -0.926. The predicted molar refractivity (Wildman–Crippen MR) is 96.9 cm³/mol. The third kappa shape index (κ3) is 5.74. The van der Waals surface area contributed by atoms with Crippen molar-refractivity contribution in [2.24, 2.45) is 0 Å². The highest BCUT2D eigenvalue weighted by Crippen LogP contribution is 2.17. The Morgan fingerprint density at radius 1 is 1.11 bits per heavy atom. The number of hydrogen-bond acceptors (Lipinski definition) is 6. The molecule has 1 aliphatic heterocycles. The first-order valence-electron chi connectivity index (χ1n) is 8.50. The summed E-state index contributed by atoms with van der Waals surface area (Å²) in [5.41, 5.74) is 0.997. The Morgan fingerprint density at radius 3 is 2.59 bits per heavy atom. The molecule has 8 nitrogen and oxygen atoms in total. The number of nitrogens with one attached hydrogen (secondary N) is 3. The molecule has 0 unspecified atom stereocenters. The van der Waals surface area contributed by atoms with Crippen molar-refractivity contribution < 1.29 is 18.3 Å². The average Bonchev–Trinajstić information content (AvgIpc) is 2.65. The van der Waals surface area contributed by atoms with E-state index in [9.17, 15) is 13.6 Å². The second-order valence-corrected chi connectivity index (χ2v) is 5.86. The Kier molecular flexibility index (Phi) is 6.31. The number of ether oxygens (including phenoxy) is 1. The summed E-state index contributed by atoms with van der Waals surface area (Å²) in [6, 6.07) is 4.13. The Bertz CT molecular complexity index is 766. The quantitative estimate of drug-likeness (QED) is 0.665. The number of halogens is 2. The van der Waals surface area contributed by atoms with Crippen LogP contribution >= 0.6 is 0 Å². The molecule has 1 fully saturated rings. The number of amides is 2. The monoisotopic (exact) mass is 378 g/mol. The first-order chi connectivity index (χ1) is 13.1. The van der Waals surface area contributed by atoms with Crippen molar-refractivity contribution in [2.45, 2.75) is 0 Å². The van der Waals surface area contributed by atoms with Crippen LogP contribution in [0.15, 0.2) is 30.5 Å². The summed E-state index contributed by atoms with van der Waals surface area (Å²) in [7, 11) is 0. The van der Waals surface area contributed by atoms with E-state index in [-0.39, 0.29) is 12.2 Å². The van der Waals surface area contributed by atoms with Crippen LogP contribution in [0.4, 0.5) is 30.8 Å². The third-order valence-corrected chi connectivity index (χ3v) is 3.85. The van der Waals surface area contributed by atoms with Crippen molar-refractivity contribution in [2.75, 3.05) is 54.9 Å². The number of anilines is 3. The lowest BCUT2D eigenvalue weighted by atomic mass is 10.3. The molecular weight excluding hydrogens is 358 g/mol. The summed E-state index contributed by atoms with van der Waals surface area (Å²) in [6.07, 6.45) is 1.69. The van der Waals surface area contributed by atoms with Gasteiger partial charge in [-0.2, -0.15) is 5.10 Å². The highest BCUT2D eigenvalue weighted by molar-refractivity contribution is 5.89. The first kappa shape index (κ1) is 18.8. The van der Waals surface area contributed by atoms with E-state index in [1.165, 1.54) is 0 Å². The number of rotatable bonds is 6. The van der Waals surface area contributed by atoms with Gasteiger partial charge in [-0.1, -0.05) is 0 Å². The molecule has 0 saturated carbocycles. The number of urea groups is 1. The number of morpholine rings is 1. The minimum Gasteiger partial charge on any atom is -0.378 e. The molecule has 0 aliphatic carbocycles. The lowest BCUT2D eigenvalue weighted by Gasteiger charge is -2.28. The lowest BCUT2D eigenvalue weighted by molar-refractivity contribution is 0.122. The molecule has 2 aromatic rings. The Balaban J connectivity index is 1.42. The van der Waals surface area contributed by atoms with Gasteiger partial charge < -0.3 is 25.6 Å². The summed E-state index contributed by atoms with van der Waals surface area (Å²) in [5, 5.41) is 16.0. The molecule has 10 heteroatoms. The van der Waals surface area contributed by atoms with Crippen LogP contribution < -0.4 is 20.9 Å². The Hall–Kier alpha value is -3.01. The minimum atomic E-state index is -0.759. The Labute approximate surface area is 154 Å². The van der Waals surface area contributed by atoms with Crippen molar-refractivity contribution in [3.8, 4) is 0 Å². The van der Waals surface area contributed by atoms with Gasteiger partial charge in [-0.25, -0.2) is 13.6 Å². The van der Waals surface area contributed by atoms with Gasteiger partial charge in [0.15, 0.2) is 5.82 Å². The van der Waals surface area contributed by atoms with E-state index in [4.69, 9.17) is 4.74 Å². The molecule has 1 aliphatic rings. The van der Waals surface area contributed by atoms with Gasteiger partial charge in [-0.05, 0) is 12.1 Å². The van der Waals surface area contributed by atoms with Crippen LogP contribution in [0.3, 0.4) is 0 Å². The van der Waals surface area contributed by atoms with E-state index >= 15 is 0 Å². The molecule has 27 heavy (non-hydrogen) atoms. The topological polar surface area (TPSA) is 91.4 Å². The fourth-order valence-corrected chi connectivity index (χ4v) is 2.61. The van der Waals surface area contributed by atoms with Gasteiger partial charge in [-0.3, -0.25) is 0 Å². The number of carbonyl (C=O) groups is 1. The van der Waals surface area contributed by atoms with Crippen LogP contribution in [-0.2, 0) is 4.74 Å². The van der Waals surface area contributed by atoms with Crippen molar-refractivity contribution in [3.63, 3.8) is 0 Å². The average molecular weight is 378 g/mol. The van der Waals surface area contributed by atoms with Gasteiger partial charge in [0, 0.05) is 44.0 Å². The van der Waals surface area contributed by atoms with E-state index in [1.54, 1.807) is 6.20 Å². The number of nitrogens with zero attached hydrogens (tertiary/aromatic N) is 3. The van der Waals surface area contributed by atoms with E-state index in [2.05, 4.69) is 31.0 Å². The zero-order chi connectivity index (χ0) is 19.1. The van der Waals surface area contributed by atoms with Crippen molar-refractivity contribution in [3.05, 3.63) is 42.1 Å². The molecule has 1 aromatic carbocycles. The maximum atomic E-state index is 13.1. The molecule has 2 heterocycles. The van der Waals surface area contributed by atoms with Crippen LogP contribution in [0.5, 0.6) is 0 Å². The van der Waals surface area contributed by atoms with Gasteiger partial charge in [0.05, 0.1) is 25.1 Å². The number of carbonyl (C=O) groups excluding carboxylic acids is 1. The largest absolute Gasteiger partial charge is 0.378 e. The summed E-state index contributed by atoms with van der Waals surface area (Å²) >= 11 is 0. The minimum absolute atomic E-state index is 0.0436. The molecule has 1 saturated heterocycles. The maximum absolute atomic E-state index is 13.1. The molecule has 0 atom stereocenters. The highest BCUT2D eigenvalue weighted by atomic mass is 19.1. The molecular formula is C17H20F2N6O2. The van der Waals surface area contributed by atoms with Crippen LogP contribution in [0.2, 0.25) is 0 Å². The number of benzene rings is 1. The molecule has 0 spiro atoms. The molecule has 2 amide bonds. The number of hydrogen-bond donors (Lipinski definition) is 3. The fraction of sp³-hybridized carbons (Fsp3) is 0.353. The van der Waals surface area contributed by atoms with Gasteiger partial charge in [-0.15, -0.1) is 5.10 Å². The summed E-state index contributed by atoms with van der Waals surface area (Å²) in [4.78, 5) is 13.9. The molecule has 3 N–H and O–H groups in total. The standard InChI is InChI=1S/C17H20F2N6O2/c18-12-7-13(19)9-14(8-12)23-17(26)21-2-1-20-16-10-15(11-22-24-16)25-3-5-27-6-4-25/h7-11H,1-6H2,(H,20,24)(H2,21,23,26). The molecule has 3 rings (SSSR count).